The molecule has 5 nitrogen and oxygen atoms in total. The van der Waals surface area contributed by atoms with Crippen LogP contribution in [0, 0.1) is 0 Å². The first-order valence-corrected chi connectivity index (χ1v) is 8.40. The molecule has 0 saturated heterocycles. The van der Waals surface area contributed by atoms with Crippen LogP contribution in [0.15, 0.2) is 47.6 Å². The van der Waals surface area contributed by atoms with Gasteiger partial charge in [0.25, 0.3) is 0 Å². The largest absolute Gasteiger partial charge is 0.506 e. The number of rotatable bonds is 4. The second-order valence-electron chi connectivity index (χ2n) is 6.15. The number of aromatic nitrogens is 1. The zero-order valence-electron chi connectivity index (χ0n) is 12.9. The smallest absolute Gasteiger partial charge is 0.242 e. The number of hydrogen-bond acceptors (Lipinski definition) is 4. The molecule has 118 valence electrons. The zero-order valence-corrected chi connectivity index (χ0v) is 13.7. The number of nitrogens with one attached hydrogen (secondary N) is 1. The van der Waals surface area contributed by atoms with Crippen LogP contribution in [0.25, 0.3) is 0 Å². The molecule has 0 bridgehead atoms. The first-order valence-electron chi connectivity index (χ1n) is 6.91. The molecule has 6 heteroatoms. The minimum Gasteiger partial charge on any atom is -0.506 e. The normalized spacial score (nSPS) is 12.3. The molecule has 0 aliphatic heterocycles. The molecule has 1 aromatic heterocycles. The summed E-state index contributed by atoms with van der Waals surface area (Å²) in [6.45, 7) is 6.56. The van der Waals surface area contributed by atoms with Crippen molar-refractivity contribution >= 4 is 10.0 Å². The molecule has 0 atom stereocenters. The fraction of sp³-hybridized carbons (Fsp3) is 0.312. The second kappa shape index (κ2) is 6.06. The molecule has 0 aliphatic carbocycles. The Labute approximate surface area is 131 Å². The number of hydrogen-bond donors (Lipinski definition) is 2. The highest BCUT2D eigenvalue weighted by Crippen LogP contribution is 2.22. The van der Waals surface area contributed by atoms with Crippen molar-refractivity contribution in [2.24, 2.45) is 0 Å². The molecule has 2 N–H and O–H groups in total. The molecular weight excluding hydrogens is 300 g/mol. The Kier molecular flexibility index (Phi) is 4.53. The van der Waals surface area contributed by atoms with Crippen molar-refractivity contribution < 1.29 is 13.5 Å². The average molecular weight is 320 g/mol. The number of sulfonamides is 1. The van der Waals surface area contributed by atoms with Crippen molar-refractivity contribution in [3.05, 3.63) is 53.9 Å². The van der Waals surface area contributed by atoms with Gasteiger partial charge in [-0.2, -0.15) is 0 Å². The Morgan fingerprint density at radius 3 is 2.32 bits per heavy atom. The van der Waals surface area contributed by atoms with Gasteiger partial charge in [0.1, 0.15) is 10.6 Å². The zero-order chi connectivity index (χ0) is 16.4. The molecule has 0 saturated carbocycles. The van der Waals surface area contributed by atoms with Gasteiger partial charge in [0.05, 0.1) is 6.20 Å². The van der Waals surface area contributed by atoms with E-state index in [1.807, 2.05) is 24.3 Å². The van der Waals surface area contributed by atoms with Crippen molar-refractivity contribution in [3.8, 4) is 5.75 Å². The standard InChI is InChI=1S/C16H20N2O3S/c1-16(2,3)13-6-4-12(5-7-13)9-18-22(20,21)15-8-14(19)10-17-11-15/h4-8,10-11,18-19H,9H2,1-3H3. The third-order valence-corrected chi connectivity index (χ3v) is 4.66. The lowest BCUT2D eigenvalue weighted by Gasteiger charge is -2.19. The van der Waals surface area contributed by atoms with Crippen LogP contribution in [0.2, 0.25) is 0 Å². The van der Waals surface area contributed by atoms with Crippen LogP contribution in [-0.4, -0.2) is 18.5 Å². The van der Waals surface area contributed by atoms with Gasteiger partial charge in [0.2, 0.25) is 10.0 Å². The van der Waals surface area contributed by atoms with Crippen molar-refractivity contribution in [1.82, 2.24) is 9.71 Å². The van der Waals surface area contributed by atoms with Crippen LogP contribution in [0.3, 0.4) is 0 Å². The molecule has 2 rings (SSSR count). The lowest BCUT2D eigenvalue weighted by Crippen LogP contribution is -2.23. The van der Waals surface area contributed by atoms with Gasteiger partial charge in [-0.15, -0.1) is 0 Å². The van der Waals surface area contributed by atoms with Crippen molar-refractivity contribution in [2.75, 3.05) is 0 Å². The van der Waals surface area contributed by atoms with Crippen LogP contribution in [0.5, 0.6) is 5.75 Å². The molecule has 22 heavy (non-hydrogen) atoms. The summed E-state index contributed by atoms with van der Waals surface area (Å²) in [4.78, 5) is 3.62. The minimum absolute atomic E-state index is 0.0567. The third kappa shape index (κ3) is 4.05. The Bertz CT molecular complexity index is 748. The van der Waals surface area contributed by atoms with Crippen molar-refractivity contribution in [1.29, 1.82) is 0 Å². The highest BCUT2D eigenvalue weighted by molar-refractivity contribution is 7.89. The Balaban J connectivity index is 2.09. The van der Waals surface area contributed by atoms with Crippen LogP contribution < -0.4 is 4.72 Å². The molecule has 1 heterocycles. The Hall–Kier alpha value is -1.92. The van der Waals surface area contributed by atoms with Crippen LogP contribution >= 0.6 is 0 Å². The number of nitrogens with zero attached hydrogens (tertiary/aromatic N) is 1. The van der Waals surface area contributed by atoms with E-state index in [1.54, 1.807) is 0 Å². The van der Waals surface area contributed by atoms with Crippen LogP contribution in [0.4, 0.5) is 0 Å². The van der Waals surface area contributed by atoms with E-state index in [2.05, 4.69) is 30.5 Å². The maximum absolute atomic E-state index is 12.1. The summed E-state index contributed by atoms with van der Waals surface area (Å²) in [7, 11) is -3.69. The lowest BCUT2D eigenvalue weighted by molar-refractivity contribution is 0.470. The van der Waals surface area contributed by atoms with E-state index in [0.29, 0.717) is 0 Å². The Morgan fingerprint density at radius 1 is 1.14 bits per heavy atom. The molecule has 1 aromatic carbocycles. The summed E-state index contributed by atoms with van der Waals surface area (Å²) in [5.41, 5.74) is 2.12. The van der Waals surface area contributed by atoms with E-state index >= 15 is 0 Å². The van der Waals surface area contributed by atoms with Gasteiger partial charge in [-0.3, -0.25) is 4.98 Å². The lowest BCUT2D eigenvalue weighted by atomic mass is 9.87. The van der Waals surface area contributed by atoms with Crippen LogP contribution in [-0.2, 0) is 22.0 Å². The summed E-state index contributed by atoms with van der Waals surface area (Å²) < 4.78 is 26.7. The van der Waals surface area contributed by atoms with Gasteiger partial charge in [-0.1, -0.05) is 45.0 Å². The third-order valence-electron chi connectivity index (χ3n) is 3.30. The summed E-state index contributed by atoms with van der Waals surface area (Å²) in [6.07, 6.45) is 2.38. The molecule has 0 fully saturated rings. The summed E-state index contributed by atoms with van der Waals surface area (Å²) in [5, 5.41) is 9.31. The van der Waals surface area contributed by atoms with E-state index in [0.717, 1.165) is 11.6 Å². The fourth-order valence-corrected chi connectivity index (χ4v) is 2.94. The van der Waals surface area contributed by atoms with Crippen molar-refractivity contribution in [3.63, 3.8) is 0 Å². The highest BCUT2D eigenvalue weighted by Gasteiger charge is 2.16. The second-order valence-corrected chi connectivity index (χ2v) is 7.92. The first-order chi connectivity index (χ1) is 10.2. The predicted octanol–water partition coefficient (Wildman–Crippen LogP) is 2.56. The van der Waals surface area contributed by atoms with Gasteiger partial charge >= 0.3 is 0 Å². The molecule has 0 aliphatic rings. The van der Waals surface area contributed by atoms with Crippen LogP contribution in [0.1, 0.15) is 31.9 Å². The molecular formula is C16H20N2O3S. The van der Waals surface area contributed by atoms with E-state index in [9.17, 15) is 13.5 Å². The SMILES string of the molecule is CC(C)(C)c1ccc(CNS(=O)(=O)c2cncc(O)c2)cc1. The van der Waals surface area contributed by atoms with Gasteiger partial charge in [0, 0.05) is 18.8 Å². The number of pyridine rings is 1. The number of benzene rings is 1. The highest BCUT2D eigenvalue weighted by atomic mass is 32.2. The average Bonchev–Trinajstić information content (AvgIpc) is 2.45. The van der Waals surface area contributed by atoms with Gasteiger partial charge in [-0.05, 0) is 16.5 Å². The topological polar surface area (TPSA) is 79.3 Å². The summed E-state index contributed by atoms with van der Waals surface area (Å²) in [6, 6.07) is 8.98. The quantitative estimate of drug-likeness (QED) is 0.907. The molecule has 0 spiro atoms. The maximum Gasteiger partial charge on any atom is 0.242 e. The molecule has 0 unspecified atom stereocenters. The van der Waals surface area contributed by atoms with E-state index in [1.165, 1.54) is 18.0 Å². The molecule has 0 radical (unpaired) electrons. The maximum atomic E-state index is 12.1. The van der Waals surface area contributed by atoms with E-state index in [-0.39, 0.29) is 22.6 Å². The predicted molar refractivity (Wildman–Crippen MR) is 85.1 cm³/mol. The van der Waals surface area contributed by atoms with Gasteiger partial charge in [-0.25, -0.2) is 13.1 Å². The molecule has 0 amide bonds. The van der Waals surface area contributed by atoms with Gasteiger partial charge < -0.3 is 5.11 Å². The van der Waals surface area contributed by atoms with E-state index < -0.39 is 10.0 Å². The fourth-order valence-electron chi connectivity index (χ4n) is 1.94. The van der Waals surface area contributed by atoms with Crippen molar-refractivity contribution in [2.45, 2.75) is 37.6 Å². The van der Waals surface area contributed by atoms with E-state index in [4.69, 9.17) is 0 Å². The summed E-state index contributed by atoms with van der Waals surface area (Å²) >= 11 is 0. The van der Waals surface area contributed by atoms with Gasteiger partial charge in [0.15, 0.2) is 0 Å². The summed E-state index contributed by atoms with van der Waals surface area (Å²) in [5.74, 6) is -0.183. The number of aromatic hydroxyl groups is 1. The first kappa shape index (κ1) is 16.5. The monoisotopic (exact) mass is 320 g/mol. The minimum atomic E-state index is -3.69. The Morgan fingerprint density at radius 2 is 1.77 bits per heavy atom. The molecule has 2 aromatic rings.